The van der Waals surface area contributed by atoms with Crippen molar-refractivity contribution in [1.29, 1.82) is 0 Å². The maximum Gasteiger partial charge on any atom is 0.326 e. The molecule has 3 heterocycles. The number of hydrogen-bond acceptors (Lipinski definition) is 17. The molecule has 2 aliphatic heterocycles. The van der Waals surface area contributed by atoms with E-state index >= 15 is 0 Å². The minimum atomic E-state index is -0.939. The van der Waals surface area contributed by atoms with E-state index in [2.05, 4.69) is 35.6 Å². The van der Waals surface area contributed by atoms with Crippen molar-refractivity contribution in [1.82, 2.24) is 20.1 Å². The number of aliphatic carboxylic acids is 5. The molecule has 0 saturated carbocycles. The van der Waals surface area contributed by atoms with Crippen molar-refractivity contribution in [2.75, 3.05) is 48.9 Å². The largest absolute Gasteiger partial charge is 0.481 e. The van der Waals surface area contributed by atoms with E-state index in [-0.39, 0.29) is 57.1 Å². The summed E-state index contributed by atoms with van der Waals surface area (Å²) in [6.45, 7) is 9.44. The number of likely N-dealkylation sites (tertiary alicyclic amines) is 2. The quantitative estimate of drug-likeness (QED) is 0.0300. The van der Waals surface area contributed by atoms with Gasteiger partial charge in [0.1, 0.15) is 12.1 Å². The average Bonchev–Trinajstić information content (AvgIpc) is 3.96. The Morgan fingerprint density at radius 1 is 0.734 bits per heavy atom. The Bertz CT molecular complexity index is 1730. The lowest BCUT2D eigenvalue weighted by Crippen LogP contribution is -2.43. The van der Waals surface area contributed by atoms with E-state index in [9.17, 15) is 48.5 Å². The molecule has 27 heteroatoms. The molecule has 21 nitrogen and oxygen atoms in total. The number of nitrogens with one attached hydrogen (secondary N) is 1. The summed E-state index contributed by atoms with van der Waals surface area (Å²) in [7, 11) is 6.49. The molecule has 64 heavy (non-hydrogen) atoms. The summed E-state index contributed by atoms with van der Waals surface area (Å²) >= 11 is 7.81. The van der Waals surface area contributed by atoms with Gasteiger partial charge in [-0.1, -0.05) is 67.0 Å². The lowest BCUT2D eigenvalue weighted by atomic mass is 10.1. The first kappa shape index (κ1) is 62.5. The van der Waals surface area contributed by atoms with Crippen molar-refractivity contribution in [3.63, 3.8) is 0 Å². The second-order valence-electron chi connectivity index (χ2n) is 14.3. The van der Waals surface area contributed by atoms with Crippen LogP contribution in [0.25, 0.3) is 0 Å². The number of carboxylic acid groups (broad SMARTS) is 5. The smallest absolute Gasteiger partial charge is 0.326 e. The number of thiol groups is 2. The molecule has 3 rings (SSSR count). The third-order valence-corrected chi connectivity index (χ3v) is 15.3. The highest BCUT2D eigenvalue weighted by molar-refractivity contribution is 8.77. The number of hydrogen-bond donors (Lipinski definition) is 8. The molecular formula is C37H59N5O16S6. The van der Waals surface area contributed by atoms with Gasteiger partial charge in [-0.15, -0.1) is 0 Å². The molecule has 2 unspecified atom stereocenters. The Kier molecular flexibility index (Phi) is 32.1. The summed E-state index contributed by atoms with van der Waals surface area (Å²) in [5.41, 5.74) is -0.186. The van der Waals surface area contributed by atoms with Gasteiger partial charge in [0.15, 0.2) is 5.03 Å². The van der Waals surface area contributed by atoms with Crippen molar-refractivity contribution < 1.29 is 74.3 Å². The second-order valence-corrected chi connectivity index (χ2v) is 19.9. The van der Waals surface area contributed by atoms with Crippen LogP contribution in [0.3, 0.4) is 0 Å². The van der Waals surface area contributed by atoms with Crippen LogP contribution >= 0.6 is 68.4 Å². The summed E-state index contributed by atoms with van der Waals surface area (Å²) in [6.07, 6.45) is 3.84. The van der Waals surface area contributed by atoms with E-state index in [1.807, 2.05) is 0 Å². The fraction of sp³-hybridized carbons (Fsp3) is 0.649. The topological polar surface area (TPSA) is 344 Å². The van der Waals surface area contributed by atoms with E-state index in [1.54, 1.807) is 34.6 Å². The third-order valence-electron chi connectivity index (χ3n) is 8.99. The number of carbonyl (C=O) groups is 8. The van der Waals surface area contributed by atoms with Crippen LogP contribution in [0.15, 0.2) is 17.3 Å². The Morgan fingerprint density at radius 3 is 1.50 bits per heavy atom. The predicted molar refractivity (Wildman–Crippen MR) is 252 cm³/mol. The monoisotopic (exact) mass is 1020 g/mol. The summed E-state index contributed by atoms with van der Waals surface area (Å²) in [5, 5.41) is 57.1. The number of pyridine rings is 1. The van der Waals surface area contributed by atoms with Crippen molar-refractivity contribution >= 4 is 122 Å². The van der Waals surface area contributed by atoms with Crippen LogP contribution in [-0.4, -0.2) is 159 Å². The fourth-order valence-electron chi connectivity index (χ4n) is 4.91. The van der Waals surface area contributed by atoms with Gasteiger partial charge in [-0.25, -0.2) is 14.6 Å². The molecule has 1 aromatic heterocycles. The predicted octanol–water partition coefficient (Wildman–Crippen LogP) is 4.05. The van der Waals surface area contributed by atoms with Gasteiger partial charge >= 0.3 is 35.5 Å². The number of amides is 3. The number of aromatic nitrogens is 1. The average molecular weight is 1020 g/mol. The molecule has 7 atom stereocenters. The summed E-state index contributed by atoms with van der Waals surface area (Å²) in [4.78, 5) is 106. The number of carboxylic acids is 5. The molecule has 1 aromatic rings. The Morgan fingerprint density at radius 2 is 1.14 bits per heavy atom. The Hall–Kier alpha value is -3.63. The Balaban J connectivity index is 0. The van der Waals surface area contributed by atoms with Crippen molar-refractivity contribution in [3.05, 3.63) is 27.9 Å². The van der Waals surface area contributed by atoms with Gasteiger partial charge in [-0.05, 0) is 36.5 Å². The first-order valence-corrected chi connectivity index (χ1v) is 25.4. The molecule has 2 saturated heterocycles. The molecule has 0 bridgehead atoms. The minimum absolute atomic E-state index is 0. The van der Waals surface area contributed by atoms with E-state index in [0.29, 0.717) is 48.9 Å². The van der Waals surface area contributed by atoms with E-state index in [4.69, 9.17) is 25.5 Å². The van der Waals surface area contributed by atoms with Crippen LogP contribution < -0.4 is 5.32 Å². The van der Waals surface area contributed by atoms with Gasteiger partial charge in [0.25, 0.3) is 5.91 Å². The Labute approximate surface area is 397 Å². The van der Waals surface area contributed by atoms with Crippen LogP contribution in [0.5, 0.6) is 0 Å². The zero-order valence-corrected chi connectivity index (χ0v) is 41.2. The van der Waals surface area contributed by atoms with Gasteiger partial charge in [-0.3, -0.25) is 38.9 Å². The zero-order valence-electron chi connectivity index (χ0n) is 36.1. The normalized spacial score (nSPS) is 17.4. The molecule has 8 N–H and O–H groups in total. The maximum atomic E-state index is 12.2. The first-order chi connectivity index (χ1) is 29.5. The molecule has 0 radical (unpaired) electrons. The summed E-state index contributed by atoms with van der Waals surface area (Å²) in [6, 6.07) is -0.163. The summed E-state index contributed by atoms with van der Waals surface area (Å²) < 4.78 is 0. The van der Waals surface area contributed by atoms with Crippen molar-refractivity contribution in [3.8, 4) is 0 Å². The summed E-state index contributed by atoms with van der Waals surface area (Å²) in [5.74, 6) is -4.61. The number of carbonyl (C=O) groups excluding carboxylic acids is 3. The maximum absolute atomic E-state index is 12.2. The highest BCUT2D eigenvalue weighted by atomic mass is 33.1. The van der Waals surface area contributed by atoms with Crippen LogP contribution in [0.4, 0.5) is 5.69 Å². The van der Waals surface area contributed by atoms with Crippen LogP contribution in [0, 0.1) is 39.7 Å². The number of rotatable bonds is 20. The molecule has 0 aromatic carbocycles. The molecule has 0 spiro atoms. The van der Waals surface area contributed by atoms with E-state index < -0.39 is 64.6 Å². The van der Waals surface area contributed by atoms with Gasteiger partial charge in [0.2, 0.25) is 11.8 Å². The highest BCUT2D eigenvalue weighted by Gasteiger charge is 2.36. The third kappa shape index (κ3) is 22.5. The molecule has 2 fully saturated rings. The lowest BCUT2D eigenvalue weighted by molar-refractivity contribution is -0.388. The van der Waals surface area contributed by atoms with Gasteiger partial charge in [0, 0.05) is 73.0 Å². The molecule has 3 amide bonds. The minimum Gasteiger partial charge on any atom is -0.481 e. The SMILES string of the molecule is CNC(=O)c1cnc(SSC[C@H](C)C(=O)O)c([N+](=O)[O-])c1.C[C@@H](CS)C(=O)O.C[C@H](CS)C(=O)N1CCCC1C(=O)O.C[C@H](CSSC[C@H](C)C(=O)O)C(=O)N1CCCC1C(=O)O.O. The number of nitrogens with zero attached hydrogens (tertiary/aromatic N) is 4. The van der Waals surface area contributed by atoms with Gasteiger partial charge < -0.3 is 46.1 Å². The molecule has 2 aliphatic rings. The number of nitro groups is 1. The van der Waals surface area contributed by atoms with Gasteiger partial charge in [0.05, 0.1) is 28.2 Å². The molecule has 364 valence electrons. The van der Waals surface area contributed by atoms with Crippen LogP contribution in [-0.2, 0) is 33.6 Å². The molecule has 0 aliphatic carbocycles. The molecular weight excluding hydrogens is 963 g/mol. The van der Waals surface area contributed by atoms with E-state index in [0.717, 1.165) is 40.5 Å². The van der Waals surface area contributed by atoms with Crippen molar-refractivity contribution in [2.24, 2.45) is 29.6 Å². The van der Waals surface area contributed by atoms with Gasteiger partial charge in [-0.2, -0.15) is 25.3 Å². The van der Waals surface area contributed by atoms with Crippen LogP contribution in [0.1, 0.15) is 70.7 Å². The first-order valence-electron chi connectivity index (χ1n) is 19.3. The lowest BCUT2D eigenvalue weighted by Gasteiger charge is -2.24. The van der Waals surface area contributed by atoms with Crippen molar-refractivity contribution in [2.45, 2.75) is 77.4 Å². The van der Waals surface area contributed by atoms with Crippen LogP contribution in [0.2, 0.25) is 0 Å². The van der Waals surface area contributed by atoms with E-state index in [1.165, 1.54) is 44.6 Å². The fourth-order valence-corrected chi connectivity index (χ4v) is 10.3. The highest BCUT2D eigenvalue weighted by Crippen LogP contribution is 2.37. The second kappa shape index (κ2) is 32.9. The zero-order chi connectivity index (χ0) is 48.6. The standard InChI is InChI=1S/C13H21NO5S2.C11H13N3O5S2.C9H15NO3S.C4H8O2S.H2O/c1-8(6-20-21-7-9(2)12(16)17)11(15)14-5-3-4-10(14)13(18)19;1-6(11(16)17)5-20-21-10-8(14(18)19)3-7(4-13-10)9(15)12-2;1-6(5-14)8(11)10-4-2-3-7(10)9(12)13;1-3(2-7)4(5)6;/h8-10H,3-7H2,1-2H3,(H,16,17)(H,18,19);3-4,6H,5H2,1-2H3,(H,12,15)(H,16,17);6-7,14H,2-5H2,1H3,(H,12,13);3,7H,2H2,1H3,(H,5,6);1H2/t8-,9+,10?;6-;6-,7?;3-;/m1010./s1.